The van der Waals surface area contributed by atoms with Crippen molar-refractivity contribution in [2.24, 2.45) is 5.92 Å². The number of piperidine rings is 1. The molecule has 2 aromatic rings. The lowest BCUT2D eigenvalue weighted by Crippen LogP contribution is -2.44. The number of anilines is 1. The van der Waals surface area contributed by atoms with Crippen LogP contribution in [0.15, 0.2) is 54.6 Å². The van der Waals surface area contributed by atoms with E-state index in [0.29, 0.717) is 5.92 Å². The first-order chi connectivity index (χ1) is 10.9. The molecule has 0 radical (unpaired) electrons. The van der Waals surface area contributed by atoms with Crippen molar-refractivity contribution in [3.8, 4) is 0 Å². The number of hydrogen-bond acceptors (Lipinski definition) is 2. The summed E-state index contributed by atoms with van der Waals surface area (Å²) in [7, 11) is 0. The first kappa shape index (κ1) is 13.4. The van der Waals surface area contributed by atoms with E-state index in [4.69, 9.17) is 0 Å². The molecule has 4 rings (SSSR count). The molecule has 1 saturated heterocycles. The van der Waals surface area contributed by atoms with E-state index in [1.807, 2.05) is 4.90 Å². The van der Waals surface area contributed by atoms with Crippen LogP contribution in [0.4, 0.5) is 5.69 Å². The summed E-state index contributed by atoms with van der Waals surface area (Å²) >= 11 is 0. The molecule has 2 aliphatic rings. The number of fused-ring (bicyclic) bond motifs is 3. The maximum absolute atomic E-state index is 11.6. The van der Waals surface area contributed by atoms with E-state index < -0.39 is 0 Å². The summed E-state index contributed by atoms with van der Waals surface area (Å²) in [6, 6.07) is 19.5. The average Bonchev–Trinajstić information content (AvgIpc) is 2.61. The molecule has 2 aromatic carbocycles. The van der Waals surface area contributed by atoms with E-state index >= 15 is 0 Å². The average molecular weight is 292 g/mol. The van der Waals surface area contributed by atoms with Crippen molar-refractivity contribution in [2.45, 2.75) is 24.9 Å². The summed E-state index contributed by atoms with van der Waals surface area (Å²) in [6.07, 6.45) is 3.25. The summed E-state index contributed by atoms with van der Waals surface area (Å²) in [4.78, 5) is 13.6. The number of rotatable bonds is 2. The van der Waals surface area contributed by atoms with E-state index in [1.165, 1.54) is 11.1 Å². The molecule has 3 heteroatoms. The molecule has 1 N–H and O–H groups in total. The highest BCUT2D eigenvalue weighted by atomic mass is 16.1. The zero-order chi connectivity index (χ0) is 14.9. The molecular formula is C19H20N2O. The van der Waals surface area contributed by atoms with Crippen molar-refractivity contribution in [3.63, 3.8) is 0 Å². The molecule has 0 spiro atoms. The van der Waals surface area contributed by atoms with Gasteiger partial charge in [-0.3, -0.25) is 4.79 Å². The third-order valence-corrected chi connectivity index (χ3v) is 5.03. The molecule has 2 aliphatic heterocycles. The third kappa shape index (κ3) is 2.08. The quantitative estimate of drug-likeness (QED) is 0.855. The molecule has 0 bridgehead atoms. The van der Waals surface area contributed by atoms with Crippen LogP contribution in [0.2, 0.25) is 0 Å². The van der Waals surface area contributed by atoms with E-state index in [2.05, 4.69) is 59.9 Å². The van der Waals surface area contributed by atoms with Gasteiger partial charge in [-0.2, -0.15) is 0 Å². The minimum Gasteiger partial charge on any atom is -0.378 e. The predicted octanol–water partition coefficient (Wildman–Crippen LogP) is 3.76. The number of nitrogens with one attached hydrogen (secondary N) is 1. The molecule has 0 aromatic heterocycles. The van der Waals surface area contributed by atoms with Crippen LogP contribution in [0.25, 0.3) is 0 Å². The Labute approximate surface area is 131 Å². The lowest BCUT2D eigenvalue weighted by Gasteiger charge is -2.47. The molecule has 2 heterocycles. The highest BCUT2D eigenvalue weighted by molar-refractivity contribution is 5.60. The normalized spacial score (nSPS) is 26.5. The Morgan fingerprint density at radius 2 is 1.82 bits per heavy atom. The second-order valence-corrected chi connectivity index (χ2v) is 6.21. The second-order valence-electron chi connectivity index (χ2n) is 6.21. The monoisotopic (exact) mass is 292 g/mol. The molecule has 1 amide bonds. The number of nitrogens with zero attached hydrogens (tertiary/aromatic N) is 1. The number of hydrogen-bond donors (Lipinski definition) is 1. The summed E-state index contributed by atoms with van der Waals surface area (Å²) in [5.74, 6) is 0.427. The Bertz CT molecular complexity index is 670. The zero-order valence-corrected chi connectivity index (χ0v) is 12.5. The Morgan fingerprint density at radius 3 is 2.64 bits per heavy atom. The zero-order valence-electron chi connectivity index (χ0n) is 12.5. The van der Waals surface area contributed by atoms with Crippen molar-refractivity contribution >= 4 is 12.1 Å². The standard InChI is InChI=1S/C19H20N2O/c22-13-21-12-6-10-16-18(14-7-2-1-3-8-14)20-17-11-5-4-9-15(17)19(16)21/h1-5,7-9,11,13,16,18-20H,6,10,12H2/t16?,18-,19-/m1/s1. The van der Waals surface area contributed by atoms with Crippen LogP contribution in [0, 0.1) is 5.92 Å². The Hall–Kier alpha value is -2.29. The molecule has 0 saturated carbocycles. The smallest absolute Gasteiger partial charge is 0.210 e. The molecule has 1 fully saturated rings. The highest BCUT2D eigenvalue weighted by Gasteiger charge is 2.41. The van der Waals surface area contributed by atoms with E-state index in [0.717, 1.165) is 31.5 Å². The van der Waals surface area contributed by atoms with Crippen molar-refractivity contribution in [2.75, 3.05) is 11.9 Å². The summed E-state index contributed by atoms with van der Waals surface area (Å²) in [5, 5.41) is 3.71. The van der Waals surface area contributed by atoms with E-state index in [9.17, 15) is 4.79 Å². The number of likely N-dealkylation sites (tertiary alicyclic amines) is 1. The van der Waals surface area contributed by atoms with Crippen molar-refractivity contribution in [1.29, 1.82) is 0 Å². The first-order valence-corrected chi connectivity index (χ1v) is 8.00. The number of benzene rings is 2. The van der Waals surface area contributed by atoms with Gasteiger partial charge in [-0.1, -0.05) is 48.5 Å². The van der Waals surface area contributed by atoms with Crippen LogP contribution < -0.4 is 5.32 Å². The Balaban J connectivity index is 1.82. The largest absolute Gasteiger partial charge is 0.378 e. The molecular weight excluding hydrogens is 272 g/mol. The fraction of sp³-hybridized carbons (Fsp3) is 0.316. The van der Waals surface area contributed by atoms with Gasteiger partial charge in [0.15, 0.2) is 0 Å². The second kappa shape index (κ2) is 5.48. The van der Waals surface area contributed by atoms with Gasteiger partial charge in [-0.15, -0.1) is 0 Å². The molecule has 22 heavy (non-hydrogen) atoms. The van der Waals surface area contributed by atoms with Gasteiger partial charge in [0.2, 0.25) is 6.41 Å². The van der Waals surface area contributed by atoms with Gasteiger partial charge in [-0.25, -0.2) is 0 Å². The molecule has 3 atom stereocenters. The van der Waals surface area contributed by atoms with Gasteiger partial charge < -0.3 is 10.2 Å². The molecule has 3 nitrogen and oxygen atoms in total. The maximum atomic E-state index is 11.6. The maximum Gasteiger partial charge on any atom is 0.210 e. The van der Waals surface area contributed by atoms with Gasteiger partial charge in [0.1, 0.15) is 0 Å². The lowest BCUT2D eigenvalue weighted by molar-refractivity contribution is -0.123. The third-order valence-electron chi connectivity index (χ3n) is 5.03. The number of amides is 1. The van der Waals surface area contributed by atoms with Crippen LogP contribution in [0.5, 0.6) is 0 Å². The molecule has 0 aliphatic carbocycles. The van der Waals surface area contributed by atoms with Crippen LogP contribution in [0.1, 0.15) is 36.1 Å². The van der Waals surface area contributed by atoms with Crippen molar-refractivity contribution in [3.05, 3.63) is 65.7 Å². The van der Waals surface area contributed by atoms with Crippen LogP contribution in [0.3, 0.4) is 0 Å². The summed E-state index contributed by atoms with van der Waals surface area (Å²) in [6.45, 7) is 0.862. The molecule has 1 unspecified atom stereocenters. The fourth-order valence-corrected chi connectivity index (χ4v) is 4.08. The summed E-state index contributed by atoms with van der Waals surface area (Å²) in [5.41, 5.74) is 3.72. The topological polar surface area (TPSA) is 32.3 Å². The van der Waals surface area contributed by atoms with Crippen LogP contribution in [-0.4, -0.2) is 17.9 Å². The van der Waals surface area contributed by atoms with E-state index in [1.54, 1.807) is 0 Å². The van der Waals surface area contributed by atoms with Gasteiger partial charge in [0.25, 0.3) is 0 Å². The lowest BCUT2D eigenvalue weighted by atomic mass is 9.74. The Morgan fingerprint density at radius 1 is 1.05 bits per heavy atom. The molecule has 112 valence electrons. The number of carbonyl (C=O) groups is 1. The van der Waals surface area contributed by atoms with Crippen molar-refractivity contribution < 1.29 is 4.79 Å². The van der Waals surface area contributed by atoms with Gasteiger partial charge >= 0.3 is 0 Å². The Kier molecular flexibility index (Phi) is 3.34. The van der Waals surface area contributed by atoms with Gasteiger partial charge in [0.05, 0.1) is 12.1 Å². The van der Waals surface area contributed by atoms with Crippen LogP contribution in [-0.2, 0) is 4.79 Å². The minimum absolute atomic E-state index is 0.189. The highest BCUT2D eigenvalue weighted by Crippen LogP contribution is 2.49. The predicted molar refractivity (Wildman–Crippen MR) is 87.5 cm³/mol. The van der Waals surface area contributed by atoms with Crippen LogP contribution >= 0.6 is 0 Å². The SMILES string of the molecule is O=CN1CCCC2[C@@H](c3ccccc3)Nc3ccccc3[C@H]21. The van der Waals surface area contributed by atoms with Gasteiger partial charge in [0, 0.05) is 18.2 Å². The van der Waals surface area contributed by atoms with E-state index in [-0.39, 0.29) is 12.1 Å². The first-order valence-electron chi connectivity index (χ1n) is 8.00. The number of carbonyl (C=O) groups excluding carboxylic acids is 1. The minimum atomic E-state index is 0.189. The fourth-order valence-electron chi connectivity index (χ4n) is 4.08. The van der Waals surface area contributed by atoms with Gasteiger partial charge in [-0.05, 0) is 30.0 Å². The van der Waals surface area contributed by atoms with Crippen molar-refractivity contribution in [1.82, 2.24) is 4.90 Å². The number of para-hydroxylation sites is 1. The summed E-state index contributed by atoms with van der Waals surface area (Å²) < 4.78 is 0.